The molecule has 1 amide bonds. The second-order valence-electron chi connectivity index (χ2n) is 8.43. The van der Waals surface area contributed by atoms with Crippen LogP contribution in [-0.2, 0) is 17.9 Å². The van der Waals surface area contributed by atoms with Crippen LogP contribution in [-0.4, -0.2) is 64.9 Å². The van der Waals surface area contributed by atoms with Gasteiger partial charge in [0.15, 0.2) is 0 Å². The Morgan fingerprint density at radius 3 is 2.24 bits per heavy atom. The SMILES string of the molecule is Cc1ccccc1CN1CCN(C(=O)C2CCN(Cc3ccncc3)CC2)CC1. The molecule has 1 aromatic heterocycles. The molecule has 3 heterocycles. The average Bonchev–Trinajstić information content (AvgIpc) is 2.77. The van der Waals surface area contributed by atoms with Crippen molar-refractivity contribution in [3.63, 3.8) is 0 Å². The third-order valence-electron chi connectivity index (χ3n) is 6.43. The number of rotatable bonds is 5. The predicted octanol–water partition coefficient (Wildman–Crippen LogP) is 2.95. The molecule has 4 rings (SSSR count). The number of hydrogen-bond donors (Lipinski definition) is 0. The van der Waals surface area contributed by atoms with Gasteiger partial charge in [0.05, 0.1) is 0 Å². The summed E-state index contributed by atoms with van der Waals surface area (Å²) in [7, 11) is 0. The molecule has 154 valence electrons. The minimum atomic E-state index is 0.201. The minimum Gasteiger partial charge on any atom is -0.340 e. The molecular formula is C24H32N4O. The van der Waals surface area contributed by atoms with Gasteiger partial charge in [-0.1, -0.05) is 24.3 Å². The molecule has 2 aromatic rings. The highest BCUT2D eigenvalue weighted by molar-refractivity contribution is 5.79. The molecule has 2 saturated heterocycles. The number of pyridine rings is 1. The standard InChI is InChI=1S/C24H32N4O/c1-20-4-2-3-5-23(20)19-27-14-16-28(17-15-27)24(29)22-8-12-26(13-9-22)18-21-6-10-25-11-7-21/h2-7,10-11,22H,8-9,12-19H2,1H3. The van der Waals surface area contributed by atoms with E-state index in [1.54, 1.807) is 0 Å². The Bertz CT molecular complexity index is 794. The summed E-state index contributed by atoms with van der Waals surface area (Å²) in [5, 5.41) is 0. The van der Waals surface area contributed by atoms with Crippen molar-refractivity contribution in [2.45, 2.75) is 32.9 Å². The fourth-order valence-corrected chi connectivity index (χ4v) is 4.50. The van der Waals surface area contributed by atoms with E-state index in [2.05, 4.69) is 63.0 Å². The van der Waals surface area contributed by atoms with Crippen LogP contribution in [0.15, 0.2) is 48.8 Å². The van der Waals surface area contributed by atoms with E-state index in [-0.39, 0.29) is 5.92 Å². The van der Waals surface area contributed by atoms with E-state index in [1.807, 2.05) is 12.4 Å². The van der Waals surface area contributed by atoms with Crippen molar-refractivity contribution in [1.29, 1.82) is 0 Å². The normalized spacial score (nSPS) is 19.4. The monoisotopic (exact) mass is 392 g/mol. The molecule has 0 radical (unpaired) electrons. The highest BCUT2D eigenvalue weighted by Crippen LogP contribution is 2.22. The van der Waals surface area contributed by atoms with Gasteiger partial charge in [-0.05, 0) is 61.7 Å². The molecule has 2 aliphatic rings. The zero-order chi connectivity index (χ0) is 20.1. The van der Waals surface area contributed by atoms with Crippen LogP contribution >= 0.6 is 0 Å². The van der Waals surface area contributed by atoms with E-state index in [1.165, 1.54) is 16.7 Å². The lowest BCUT2D eigenvalue weighted by Gasteiger charge is -2.38. The lowest BCUT2D eigenvalue weighted by molar-refractivity contribution is -0.139. The molecule has 0 aliphatic carbocycles. The van der Waals surface area contributed by atoms with Crippen molar-refractivity contribution in [3.8, 4) is 0 Å². The molecule has 0 saturated carbocycles. The van der Waals surface area contributed by atoms with Crippen LogP contribution in [0, 0.1) is 12.8 Å². The molecular weight excluding hydrogens is 360 g/mol. The smallest absolute Gasteiger partial charge is 0.225 e. The van der Waals surface area contributed by atoms with Gasteiger partial charge in [0.1, 0.15) is 0 Å². The van der Waals surface area contributed by atoms with Gasteiger partial charge in [0.25, 0.3) is 0 Å². The Morgan fingerprint density at radius 2 is 1.55 bits per heavy atom. The van der Waals surface area contributed by atoms with E-state index in [0.29, 0.717) is 5.91 Å². The third kappa shape index (κ3) is 5.22. The van der Waals surface area contributed by atoms with Crippen molar-refractivity contribution in [2.24, 2.45) is 5.92 Å². The zero-order valence-corrected chi connectivity index (χ0v) is 17.5. The lowest BCUT2D eigenvalue weighted by atomic mass is 9.94. The van der Waals surface area contributed by atoms with Crippen molar-refractivity contribution in [2.75, 3.05) is 39.3 Å². The number of amides is 1. The molecule has 0 unspecified atom stereocenters. The Hall–Kier alpha value is -2.24. The Labute approximate surface area is 174 Å². The van der Waals surface area contributed by atoms with E-state index < -0.39 is 0 Å². The number of piperazine rings is 1. The van der Waals surface area contributed by atoms with E-state index >= 15 is 0 Å². The fraction of sp³-hybridized carbons (Fsp3) is 0.500. The van der Waals surface area contributed by atoms with Crippen molar-refractivity contribution >= 4 is 5.91 Å². The zero-order valence-electron chi connectivity index (χ0n) is 17.5. The summed E-state index contributed by atoms with van der Waals surface area (Å²) in [6.45, 7) is 9.81. The van der Waals surface area contributed by atoms with Crippen LogP contribution in [0.2, 0.25) is 0 Å². The van der Waals surface area contributed by atoms with Crippen LogP contribution < -0.4 is 0 Å². The Kier molecular flexibility index (Phi) is 6.57. The van der Waals surface area contributed by atoms with Crippen molar-refractivity contribution < 1.29 is 4.79 Å². The highest BCUT2D eigenvalue weighted by Gasteiger charge is 2.30. The van der Waals surface area contributed by atoms with Gasteiger partial charge >= 0.3 is 0 Å². The first-order valence-corrected chi connectivity index (χ1v) is 10.9. The molecule has 0 spiro atoms. The topological polar surface area (TPSA) is 39.7 Å². The summed E-state index contributed by atoms with van der Waals surface area (Å²) in [5.41, 5.74) is 4.05. The van der Waals surface area contributed by atoms with E-state index in [0.717, 1.165) is 65.2 Å². The number of benzene rings is 1. The molecule has 2 fully saturated rings. The molecule has 29 heavy (non-hydrogen) atoms. The third-order valence-corrected chi connectivity index (χ3v) is 6.43. The summed E-state index contributed by atoms with van der Waals surface area (Å²) in [4.78, 5) is 24.1. The first-order chi connectivity index (χ1) is 14.2. The molecule has 1 aromatic carbocycles. The number of aryl methyl sites for hydroxylation is 1. The van der Waals surface area contributed by atoms with Gasteiger partial charge in [-0.3, -0.25) is 19.6 Å². The maximum Gasteiger partial charge on any atom is 0.225 e. The first kappa shape index (κ1) is 20.0. The summed E-state index contributed by atoms with van der Waals surface area (Å²) in [6.07, 6.45) is 5.66. The maximum atomic E-state index is 13.0. The van der Waals surface area contributed by atoms with Gasteiger partial charge in [-0.2, -0.15) is 0 Å². The van der Waals surface area contributed by atoms with Crippen LogP contribution in [0.25, 0.3) is 0 Å². The molecule has 0 atom stereocenters. The van der Waals surface area contributed by atoms with Crippen LogP contribution in [0.4, 0.5) is 0 Å². The average molecular weight is 393 g/mol. The van der Waals surface area contributed by atoms with Gasteiger partial charge in [0.2, 0.25) is 5.91 Å². The van der Waals surface area contributed by atoms with Gasteiger partial charge in [-0.25, -0.2) is 0 Å². The number of likely N-dealkylation sites (tertiary alicyclic amines) is 1. The summed E-state index contributed by atoms with van der Waals surface area (Å²) >= 11 is 0. The number of piperidine rings is 1. The minimum absolute atomic E-state index is 0.201. The van der Waals surface area contributed by atoms with Gasteiger partial charge in [0, 0.05) is 57.6 Å². The van der Waals surface area contributed by atoms with Gasteiger partial charge < -0.3 is 4.90 Å². The number of hydrogen-bond acceptors (Lipinski definition) is 4. The number of carbonyl (C=O) groups is 1. The number of nitrogens with zero attached hydrogens (tertiary/aromatic N) is 4. The van der Waals surface area contributed by atoms with E-state index in [9.17, 15) is 4.79 Å². The molecule has 5 nitrogen and oxygen atoms in total. The predicted molar refractivity (Wildman–Crippen MR) is 115 cm³/mol. The van der Waals surface area contributed by atoms with Gasteiger partial charge in [-0.15, -0.1) is 0 Å². The fourth-order valence-electron chi connectivity index (χ4n) is 4.50. The molecule has 5 heteroatoms. The van der Waals surface area contributed by atoms with Crippen LogP contribution in [0.3, 0.4) is 0 Å². The first-order valence-electron chi connectivity index (χ1n) is 10.9. The number of aromatic nitrogens is 1. The van der Waals surface area contributed by atoms with E-state index in [4.69, 9.17) is 0 Å². The molecule has 0 bridgehead atoms. The van der Waals surface area contributed by atoms with Crippen molar-refractivity contribution in [3.05, 3.63) is 65.5 Å². The second kappa shape index (κ2) is 9.51. The largest absolute Gasteiger partial charge is 0.340 e. The maximum absolute atomic E-state index is 13.0. The lowest BCUT2D eigenvalue weighted by Crippen LogP contribution is -2.51. The van der Waals surface area contributed by atoms with Crippen LogP contribution in [0.1, 0.15) is 29.5 Å². The summed E-state index contributed by atoms with van der Waals surface area (Å²) in [5.74, 6) is 0.579. The Morgan fingerprint density at radius 1 is 0.897 bits per heavy atom. The summed E-state index contributed by atoms with van der Waals surface area (Å²) in [6, 6.07) is 12.8. The summed E-state index contributed by atoms with van der Waals surface area (Å²) < 4.78 is 0. The molecule has 2 aliphatic heterocycles. The molecule has 0 N–H and O–H groups in total. The van der Waals surface area contributed by atoms with Crippen molar-refractivity contribution in [1.82, 2.24) is 19.7 Å². The number of carbonyl (C=O) groups excluding carboxylic acids is 1. The second-order valence-corrected chi connectivity index (χ2v) is 8.43. The quantitative estimate of drug-likeness (QED) is 0.784. The van der Waals surface area contributed by atoms with Crippen LogP contribution in [0.5, 0.6) is 0 Å². The highest BCUT2D eigenvalue weighted by atomic mass is 16.2. The Balaban J connectivity index is 1.21.